The number of benzene rings is 2. The van der Waals surface area contributed by atoms with E-state index in [4.69, 9.17) is 5.73 Å². The Morgan fingerprint density at radius 1 is 0.944 bits per heavy atom. The summed E-state index contributed by atoms with van der Waals surface area (Å²) in [7, 11) is 0. The van der Waals surface area contributed by atoms with Gasteiger partial charge < -0.3 is 5.73 Å². The fourth-order valence-electron chi connectivity index (χ4n) is 2.48. The second-order valence-corrected chi connectivity index (χ2v) is 5.50. The van der Waals surface area contributed by atoms with Crippen molar-refractivity contribution in [3.8, 4) is 0 Å². The van der Waals surface area contributed by atoms with Crippen molar-refractivity contribution in [3.05, 3.63) is 48.0 Å². The molecular weight excluding hydrogens is 218 g/mol. The third kappa shape index (κ3) is 3.11. The van der Waals surface area contributed by atoms with Gasteiger partial charge in [-0.15, -0.1) is 0 Å². The first kappa shape index (κ1) is 13.1. The van der Waals surface area contributed by atoms with Gasteiger partial charge >= 0.3 is 0 Å². The van der Waals surface area contributed by atoms with Crippen LogP contribution in [0.3, 0.4) is 0 Å². The highest BCUT2D eigenvalue weighted by atomic mass is 14.6. The Labute approximate surface area is 110 Å². The second-order valence-electron chi connectivity index (χ2n) is 5.50. The second kappa shape index (κ2) is 6.01. The van der Waals surface area contributed by atoms with E-state index in [0.717, 1.165) is 12.3 Å². The third-order valence-corrected chi connectivity index (χ3v) is 3.52. The van der Waals surface area contributed by atoms with E-state index in [2.05, 4.69) is 56.3 Å². The van der Waals surface area contributed by atoms with Crippen molar-refractivity contribution in [2.45, 2.75) is 39.2 Å². The molecular formula is C17H23N. The molecule has 0 bridgehead atoms. The van der Waals surface area contributed by atoms with Crippen LogP contribution in [0.1, 0.15) is 44.7 Å². The van der Waals surface area contributed by atoms with Crippen molar-refractivity contribution >= 4 is 10.8 Å². The predicted molar refractivity (Wildman–Crippen MR) is 79.6 cm³/mol. The molecule has 0 saturated heterocycles. The normalized spacial score (nSPS) is 13.1. The summed E-state index contributed by atoms with van der Waals surface area (Å²) < 4.78 is 0. The van der Waals surface area contributed by atoms with Crippen LogP contribution in [-0.4, -0.2) is 0 Å². The first-order chi connectivity index (χ1) is 8.68. The Morgan fingerprint density at radius 3 is 2.44 bits per heavy atom. The lowest BCUT2D eigenvalue weighted by atomic mass is 9.94. The summed E-state index contributed by atoms with van der Waals surface area (Å²) in [5, 5.41) is 2.59. The van der Waals surface area contributed by atoms with Crippen molar-refractivity contribution in [2.75, 3.05) is 0 Å². The van der Waals surface area contributed by atoms with Crippen LogP contribution in [0.2, 0.25) is 0 Å². The molecule has 0 aromatic heterocycles. The minimum absolute atomic E-state index is 0.162. The molecule has 0 saturated carbocycles. The van der Waals surface area contributed by atoms with Gasteiger partial charge in [-0.05, 0) is 28.7 Å². The molecule has 0 amide bonds. The van der Waals surface area contributed by atoms with Crippen LogP contribution in [0.25, 0.3) is 10.8 Å². The molecule has 0 fully saturated rings. The van der Waals surface area contributed by atoms with Crippen LogP contribution < -0.4 is 5.73 Å². The maximum atomic E-state index is 6.35. The van der Waals surface area contributed by atoms with Gasteiger partial charge in [-0.3, -0.25) is 0 Å². The Bertz CT molecular complexity index is 496. The maximum absolute atomic E-state index is 6.35. The molecule has 0 spiro atoms. The number of rotatable bonds is 5. The Kier molecular flexibility index (Phi) is 4.38. The van der Waals surface area contributed by atoms with Crippen LogP contribution in [0, 0.1) is 5.92 Å². The lowest BCUT2D eigenvalue weighted by molar-refractivity contribution is 0.506. The van der Waals surface area contributed by atoms with Crippen LogP contribution >= 0.6 is 0 Å². The van der Waals surface area contributed by atoms with Gasteiger partial charge in [0.15, 0.2) is 0 Å². The molecule has 18 heavy (non-hydrogen) atoms. The summed E-state index contributed by atoms with van der Waals surface area (Å²) in [6.07, 6.45) is 3.55. The SMILES string of the molecule is CC(C)CCCC(N)c1cccc2ccccc12. The van der Waals surface area contributed by atoms with Gasteiger partial charge in [0, 0.05) is 6.04 Å². The minimum atomic E-state index is 0.162. The molecule has 2 aromatic carbocycles. The van der Waals surface area contributed by atoms with Gasteiger partial charge in [-0.25, -0.2) is 0 Å². The molecule has 0 heterocycles. The molecule has 0 radical (unpaired) electrons. The topological polar surface area (TPSA) is 26.0 Å². The molecule has 0 aliphatic heterocycles. The zero-order valence-electron chi connectivity index (χ0n) is 11.4. The van der Waals surface area contributed by atoms with Crippen LogP contribution in [0.15, 0.2) is 42.5 Å². The van der Waals surface area contributed by atoms with Gasteiger partial charge in [-0.1, -0.05) is 69.2 Å². The van der Waals surface area contributed by atoms with Crippen LogP contribution in [-0.2, 0) is 0 Å². The Hall–Kier alpha value is -1.34. The maximum Gasteiger partial charge on any atom is 0.0301 e. The molecule has 1 nitrogen and oxygen atoms in total. The summed E-state index contributed by atoms with van der Waals surface area (Å²) in [6.45, 7) is 4.53. The monoisotopic (exact) mass is 241 g/mol. The van der Waals surface area contributed by atoms with Gasteiger partial charge in [0.05, 0.1) is 0 Å². The summed E-state index contributed by atoms with van der Waals surface area (Å²) in [6, 6.07) is 15.1. The van der Waals surface area contributed by atoms with E-state index in [1.807, 2.05) is 0 Å². The molecule has 96 valence electrons. The quantitative estimate of drug-likeness (QED) is 0.809. The summed E-state index contributed by atoms with van der Waals surface area (Å²) in [5.41, 5.74) is 7.64. The van der Waals surface area contributed by atoms with Gasteiger partial charge in [0.1, 0.15) is 0 Å². The molecule has 2 N–H and O–H groups in total. The molecule has 1 atom stereocenters. The van der Waals surface area contributed by atoms with Crippen molar-refractivity contribution < 1.29 is 0 Å². The van der Waals surface area contributed by atoms with Crippen molar-refractivity contribution in [1.82, 2.24) is 0 Å². The highest BCUT2D eigenvalue weighted by molar-refractivity contribution is 5.86. The molecule has 0 aliphatic rings. The number of nitrogens with two attached hydrogens (primary N) is 1. The number of hydrogen-bond acceptors (Lipinski definition) is 1. The van der Waals surface area contributed by atoms with Crippen LogP contribution in [0.4, 0.5) is 0 Å². The highest BCUT2D eigenvalue weighted by Gasteiger charge is 2.09. The number of fused-ring (bicyclic) bond motifs is 1. The van der Waals surface area contributed by atoms with Crippen molar-refractivity contribution in [1.29, 1.82) is 0 Å². The van der Waals surface area contributed by atoms with Crippen molar-refractivity contribution in [3.63, 3.8) is 0 Å². The van der Waals surface area contributed by atoms with Crippen LogP contribution in [0.5, 0.6) is 0 Å². The lowest BCUT2D eigenvalue weighted by Crippen LogP contribution is -2.11. The third-order valence-electron chi connectivity index (χ3n) is 3.52. The molecule has 0 aliphatic carbocycles. The highest BCUT2D eigenvalue weighted by Crippen LogP contribution is 2.26. The van der Waals surface area contributed by atoms with E-state index in [1.54, 1.807) is 0 Å². The molecule has 1 unspecified atom stereocenters. The predicted octanol–water partition coefficient (Wildman–Crippen LogP) is 4.67. The molecule has 2 rings (SSSR count). The fourth-order valence-corrected chi connectivity index (χ4v) is 2.48. The molecule has 1 heteroatoms. The van der Waals surface area contributed by atoms with E-state index in [1.165, 1.54) is 29.2 Å². The fraction of sp³-hybridized carbons (Fsp3) is 0.412. The van der Waals surface area contributed by atoms with Gasteiger partial charge in [0.25, 0.3) is 0 Å². The van der Waals surface area contributed by atoms with E-state index in [0.29, 0.717) is 0 Å². The van der Waals surface area contributed by atoms with E-state index in [9.17, 15) is 0 Å². The van der Waals surface area contributed by atoms with Gasteiger partial charge in [0.2, 0.25) is 0 Å². The summed E-state index contributed by atoms with van der Waals surface area (Å²) >= 11 is 0. The standard InChI is InChI=1S/C17H23N/c1-13(2)7-5-12-17(18)16-11-6-9-14-8-3-4-10-15(14)16/h3-4,6,8-11,13,17H,5,7,12,18H2,1-2H3. The minimum Gasteiger partial charge on any atom is -0.324 e. The van der Waals surface area contributed by atoms with Crippen molar-refractivity contribution in [2.24, 2.45) is 11.7 Å². The first-order valence-corrected chi connectivity index (χ1v) is 6.91. The Balaban J connectivity index is 2.15. The zero-order valence-corrected chi connectivity index (χ0v) is 11.4. The smallest absolute Gasteiger partial charge is 0.0301 e. The largest absolute Gasteiger partial charge is 0.324 e. The average Bonchev–Trinajstić information content (AvgIpc) is 2.37. The van der Waals surface area contributed by atoms with E-state index >= 15 is 0 Å². The lowest BCUT2D eigenvalue weighted by Gasteiger charge is -2.15. The Morgan fingerprint density at radius 2 is 1.67 bits per heavy atom. The number of hydrogen-bond donors (Lipinski definition) is 1. The first-order valence-electron chi connectivity index (χ1n) is 6.91. The summed E-state index contributed by atoms with van der Waals surface area (Å²) in [5.74, 6) is 0.768. The zero-order chi connectivity index (χ0) is 13.0. The van der Waals surface area contributed by atoms with Gasteiger partial charge in [-0.2, -0.15) is 0 Å². The average molecular weight is 241 g/mol. The van der Waals surface area contributed by atoms with E-state index in [-0.39, 0.29) is 6.04 Å². The summed E-state index contributed by atoms with van der Waals surface area (Å²) in [4.78, 5) is 0. The molecule has 2 aromatic rings. The van der Waals surface area contributed by atoms with E-state index < -0.39 is 0 Å².